The molecular formula is C10H17N3O2. The van der Waals surface area contributed by atoms with Crippen molar-refractivity contribution in [3.63, 3.8) is 0 Å². The molecule has 1 aliphatic heterocycles. The van der Waals surface area contributed by atoms with Crippen molar-refractivity contribution < 1.29 is 9.53 Å². The number of carbonyl (C=O) groups is 1. The molecule has 1 atom stereocenters. The number of nitrogens with one attached hydrogen (secondary N) is 1. The zero-order valence-corrected chi connectivity index (χ0v) is 9.03. The molecule has 1 heterocycles. The van der Waals surface area contributed by atoms with Gasteiger partial charge in [0.15, 0.2) is 0 Å². The predicted octanol–water partition coefficient (Wildman–Crippen LogP) is 0.720. The van der Waals surface area contributed by atoms with Crippen LogP contribution in [-0.4, -0.2) is 43.3 Å². The van der Waals surface area contributed by atoms with E-state index in [2.05, 4.69) is 11.4 Å². The Morgan fingerprint density at radius 1 is 1.73 bits per heavy atom. The Labute approximate surface area is 90.0 Å². The van der Waals surface area contributed by atoms with E-state index >= 15 is 0 Å². The number of likely N-dealkylation sites (tertiary alicyclic amines) is 1. The summed E-state index contributed by atoms with van der Waals surface area (Å²) in [6.45, 7) is 4.28. The second-order valence-corrected chi connectivity index (χ2v) is 3.60. The minimum Gasteiger partial charge on any atom is -0.450 e. The van der Waals surface area contributed by atoms with Crippen molar-refractivity contribution in [2.45, 2.75) is 25.8 Å². The van der Waals surface area contributed by atoms with Gasteiger partial charge in [0.25, 0.3) is 0 Å². The first-order valence-electron chi connectivity index (χ1n) is 5.29. The zero-order chi connectivity index (χ0) is 11.1. The van der Waals surface area contributed by atoms with Gasteiger partial charge in [-0.15, -0.1) is 0 Å². The van der Waals surface area contributed by atoms with Crippen LogP contribution in [0, 0.1) is 11.3 Å². The van der Waals surface area contributed by atoms with Crippen LogP contribution in [0.3, 0.4) is 0 Å². The number of carbonyl (C=O) groups excluding carboxylic acids is 1. The molecule has 15 heavy (non-hydrogen) atoms. The summed E-state index contributed by atoms with van der Waals surface area (Å²) in [6, 6.07) is 2.24. The molecule has 0 spiro atoms. The van der Waals surface area contributed by atoms with E-state index < -0.39 is 0 Å². The highest BCUT2D eigenvalue weighted by atomic mass is 16.5. The van der Waals surface area contributed by atoms with Crippen molar-refractivity contribution in [1.82, 2.24) is 10.2 Å². The molecule has 1 N–H and O–H groups in total. The van der Waals surface area contributed by atoms with Crippen molar-refractivity contribution >= 4 is 6.09 Å². The highest BCUT2D eigenvalue weighted by Crippen LogP contribution is 2.09. The van der Waals surface area contributed by atoms with Gasteiger partial charge in [0.05, 0.1) is 19.2 Å². The first-order chi connectivity index (χ1) is 7.26. The third-order valence-electron chi connectivity index (χ3n) is 2.40. The SMILES string of the molecule is CCOC(=O)NC1CCCN(CC#N)C1. The molecule has 1 fully saturated rings. The molecule has 1 aliphatic rings. The van der Waals surface area contributed by atoms with Crippen LogP contribution in [0.1, 0.15) is 19.8 Å². The Balaban J connectivity index is 2.30. The molecule has 0 bridgehead atoms. The number of rotatable bonds is 3. The molecule has 0 aliphatic carbocycles. The van der Waals surface area contributed by atoms with Gasteiger partial charge in [-0.3, -0.25) is 4.90 Å². The Morgan fingerprint density at radius 2 is 2.53 bits per heavy atom. The van der Waals surface area contributed by atoms with Crippen molar-refractivity contribution in [3.8, 4) is 6.07 Å². The molecule has 0 aromatic carbocycles. The smallest absolute Gasteiger partial charge is 0.407 e. The summed E-state index contributed by atoms with van der Waals surface area (Å²) in [5, 5.41) is 11.4. The van der Waals surface area contributed by atoms with Gasteiger partial charge < -0.3 is 10.1 Å². The molecule has 1 amide bonds. The van der Waals surface area contributed by atoms with E-state index in [1.165, 1.54) is 0 Å². The van der Waals surface area contributed by atoms with Crippen LogP contribution in [0.15, 0.2) is 0 Å². The van der Waals surface area contributed by atoms with Crippen LogP contribution in [-0.2, 0) is 4.74 Å². The minimum absolute atomic E-state index is 0.117. The molecule has 5 heteroatoms. The van der Waals surface area contributed by atoms with Gasteiger partial charge in [-0.25, -0.2) is 4.79 Å². The summed E-state index contributed by atoms with van der Waals surface area (Å²) < 4.78 is 4.81. The maximum absolute atomic E-state index is 11.2. The summed E-state index contributed by atoms with van der Waals surface area (Å²) >= 11 is 0. The quantitative estimate of drug-likeness (QED) is 0.698. The summed E-state index contributed by atoms with van der Waals surface area (Å²) in [5.41, 5.74) is 0. The number of hydrogen-bond donors (Lipinski definition) is 1. The highest BCUT2D eigenvalue weighted by molar-refractivity contribution is 5.67. The first kappa shape index (κ1) is 11.8. The van der Waals surface area contributed by atoms with Gasteiger partial charge in [-0.05, 0) is 26.3 Å². The molecule has 84 valence electrons. The Morgan fingerprint density at radius 3 is 3.20 bits per heavy atom. The van der Waals surface area contributed by atoms with E-state index in [1.54, 1.807) is 6.92 Å². The third kappa shape index (κ3) is 4.17. The molecule has 0 saturated carbocycles. The lowest BCUT2D eigenvalue weighted by atomic mass is 10.1. The maximum atomic E-state index is 11.2. The molecule has 0 radical (unpaired) electrons. The van der Waals surface area contributed by atoms with Gasteiger partial charge in [0.1, 0.15) is 0 Å². The van der Waals surface area contributed by atoms with Crippen LogP contribution in [0.25, 0.3) is 0 Å². The number of amides is 1. The molecule has 1 saturated heterocycles. The highest BCUT2D eigenvalue weighted by Gasteiger charge is 2.21. The van der Waals surface area contributed by atoms with E-state index in [0.29, 0.717) is 13.2 Å². The fourth-order valence-corrected chi connectivity index (χ4v) is 1.76. The summed E-state index contributed by atoms with van der Waals surface area (Å²) in [4.78, 5) is 13.2. The second-order valence-electron chi connectivity index (χ2n) is 3.60. The lowest BCUT2D eigenvalue weighted by molar-refractivity contribution is 0.137. The van der Waals surface area contributed by atoms with E-state index in [-0.39, 0.29) is 12.1 Å². The molecule has 0 aromatic rings. The van der Waals surface area contributed by atoms with Crippen LogP contribution in [0.4, 0.5) is 4.79 Å². The molecule has 1 unspecified atom stereocenters. The number of alkyl carbamates (subject to hydrolysis) is 1. The first-order valence-corrected chi connectivity index (χ1v) is 5.29. The molecule has 0 aromatic heterocycles. The summed E-state index contributed by atoms with van der Waals surface area (Å²) in [5.74, 6) is 0. The summed E-state index contributed by atoms with van der Waals surface area (Å²) in [7, 11) is 0. The predicted molar refractivity (Wildman–Crippen MR) is 55.2 cm³/mol. The lowest BCUT2D eigenvalue weighted by Crippen LogP contribution is -2.47. The Bertz CT molecular complexity index is 250. The number of nitrogens with zero attached hydrogens (tertiary/aromatic N) is 2. The van der Waals surface area contributed by atoms with Gasteiger partial charge >= 0.3 is 6.09 Å². The average molecular weight is 211 g/mol. The maximum Gasteiger partial charge on any atom is 0.407 e. The zero-order valence-electron chi connectivity index (χ0n) is 9.03. The van der Waals surface area contributed by atoms with Crippen LogP contribution in [0.5, 0.6) is 0 Å². The monoisotopic (exact) mass is 211 g/mol. The van der Waals surface area contributed by atoms with E-state index in [9.17, 15) is 4.79 Å². The van der Waals surface area contributed by atoms with Crippen LogP contribution >= 0.6 is 0 Å². The fraction of sp³-hybridized carbons (Fsp3) is 0.800. The summed E-state index contributed by atoms with van der Waals surface area (Å²) in [6.07, 6.45) is 1.61. The molecule has 5 nitrogen and oxygen atoms in total. The molecular weight excluding hydrogens is 194 g/mol. The average Bonchev–Trinajstić information content (AvgIpc) is 2.19. The van der Waals surface area contributed by atoms with Crippen LogP contribution in [0.2, 0.25) is 0 Å². The Hall–Kier alpha value is -1.28. The minimum atomic E-state index is -0.360. The van der Waals surface area contributed by atoms with Crippen molar-refractivity contribution in [2.75, 3.05) is 26.2 Å². The largest absolute Gasteiger partial charge is 0.450 e. The lowest BCUT2D eigenvalue weighted by Gasteiger charge is -2.31. The van der Waals surface area contributed by atoms with Crippen molar-refractivity contribution in [3.05, 3.63) is 0 Å². The fourth-order valence-electron chi connectivity index (χ4n) is 1.76. The second kappa shape index (κ2) is 6.25. The van der Waals surface area contributed by atoms with E-state index in [4.69, 9.17) is 10.00 Å². The van der Waals surface area contributed by atoms with Crippen LogP contribution < -0.4 is 5.32 Å². The van der Waals surface area contributed by atoms with Gasteiger partial charge in [0.2, 0.25) is 0 Å². The number of nitriles is 1. The van der Waals surface area contributed by atoms with Gasteiger partial charge in [0, 0.05) is 12.6 Å². The topological polar surface area (TPSA) is 65.4 Å². The van der Waals surface area contributed by atoms with Gasteiger partial charge in [-0.2, -0.15) is 5.26 Å². The van der Waals surface area contributed by atoms with E-state index in [1.807, 2.05) is 4.90 Å². The molecule has 1 rings (SSSR count). The number of ether oxygens (including phenoxy) is 1. The standard InChI is InChI=1S/C10H17N3O2/c1-2-15-10(14)12-9-4-3-6-13(8-9)7-5-11/h9H,2-4,6-8H2,1H3,(H,12,14). The Kier molecular flexibility index (Phi) is 4.91. The number of piperidine rings is 1. The number of hydrogen-bond acceptors (Lipinski definition) is 4. The van der Waals surface area contributed by atoms with Gasteiger partial charge in [-0.1, -0.05) is 0 Å². The third-order valence-corrected chi connectivity index (χ3v) is 2.40. The van der Waals surface area contributed by atoms with Crippen molar-refractivity contribution in [1.29, 1.82) is 5.26 Å². The normalized spacial score (nSPS) is 21.7. The van der Waals surface area contributed by atoms with E-state index in [0.717, 1.165) is 25.9 Å². The van der Waals surface area contributed by atoms with Crippen molar-refractivity contribution in [2.24, 2.45) is 0 Å².